The summed E-state index contributed by atoms with van der Waals surface area (Å²) in [6, 6.07) is 8.94. The van der Waals surface area contributed by atoms with E-state index in [1.165, 1.54) is 31.2 Å². The maximum absolute atomic E-state index is 5.87. The Kier molecular flexibility index (Phi) is 1.59. The molecule has 1 heterocycles. The topological polar surface area (TPSA) is 12.5 Å². The summed E-state index contributed by atoms with van der Waals surface area (Å²) in [5.74, 6) is 1.64. The van der Waals surface area contributed by atoms with E-state index in [-0.39, 0.29) is 0 Å². The van der Waals surface area contributed by atoms with Crippen LogP contribution in [0.15, 0.2) is 24.3 Å². The molecular weight excluding hydrogens is 184 g/mol. The number of hydrogen-bond acceptors (Lipinski definition) is 1. The summed E-state index contributed by atoms with van der Waals surface area (Å²) in [4.78, 5) is 0. The molecule has 1 aromatic rings. The molecule has 1 saturated carbocycles. The van der Waals surface area contributed by atoms with E-state index in [1.807, 2.05) is 0 Å². The average Bonchev–Trinajstić information content (AvgIpc) is 3.10. The third-order valence-corrected chi connectivity index (χ3v) is 4.47. The Hall–Kier alpha value is -0.820. The molecule has 0 amide bonds. The van der Waals surface area contributed by atoms with Crippen molar-refractivity contribution >= 4 is 0 Å². The van der Waals surface area contributed by atoms with Gasteiger partial charge in [0.2, 0.25) is 0 Å². The maximum Gasteiger partial charge on any atom is 0.110 e. The van der Waals surface area contributed by atoms with E-state index in [0.29, 0.717) is 12.2 Å². The fourth-order valence-corrected chi connectivity index (χ4v) is 3.75. The van der Waals surface area contributed by atoms with Gasteiger partial charge in [0.15, 0.2) is 0 Å². The molecule has 4 atom stereocenters. The summed E-state index contributed by atoms with van der Waals surface area (Å²) in [5.41, 5.74) is 3.09. The lowest BCUT2D eigenvalue weighted by atomic mass is 9.68. The van der Waals surface area contributed by atoms with Crippen molar-refractivity contribution < 1.29 is 4.74 Å². The van der Waals surface area contributed by atoms with Gasteiger partial charge in [-0.2, -0.15) is 0 Å². The van der Waals surface area contributed by atoms with Gasteiger partial charge in [-0.05, 0) is 35.8 Å². The monoisotopic (exact) mass is 200 g/mol. The lowest BCUT2D eigenvalue weighted by molar-refractivity contribution is 0.237. The SMILES string of the molecule is c1ccc2c(c1)C1CCCCC1[C@@H]1O[C@@H]21. The molecule has 78 valence electrons. The van der Waals surface area contributed by atoms with Crippen molar-refractivity contribution in [3.8, 4) is 0 Å². The van der Waals surface area contributed by atoms with Crippen LogP contribution in [0.25, 0.3) is 0 Å². The summed E-state index contributed by atoms with van der Waals surface area (Å²) in [6.45, 7) is 0. The molecule has 0 N–H and O–H groups in total. The Morgan fingerprint density at radius 2 is 1.80 bits per heavy atom. The summed E-state index contributed by atoms with van der Waals surface area (Å²) in [7, 11) is 0. The number of hydrogen-bond donors (Lipinski definition) is 0. The number of rotatable bonds is 0. The van der Waals surface area contributed by atoms with Crippen LogP contribution in [-0.2, 0) is 4.74 Å². The van der Waals surface area contributed by atoms with Gasteiger partial charge in [-0.3, -0.25) is 0 Å². The van der Waals surface area contributed by atoms with E-state index in [4.69, 9.17) is 4.74 Å². The van der Waals surface area contributed by atoms with E-state index >= 15 is 0 Å². The van der Waals surface area contributed by atoms with E-state index in [2.05, 4.69) is 24.3 Å². The zero-order valence-corrected chi connectivity index (χ0v) is 8.86. The molecule has 0 radical (unpaired) electrons. The molecule has 1 heteroatoms. The van der Waals surface area contributed by atoms with E-state index in [0.717, 1.165) is 11.8 Å². The van der Waals surface area contributed by atoms with Crippen molar-refractivity contribution in [3.63, 3.8) is 0 Å². The average molecular weight is 200 g/mol. The van der Waals surface area contributed by atoms with E-state index in [1.54, 1.807) is 5.56 Å². The Bertz CT molecular complexity index is 398. The first-order valence-corrected chi connectivity index (χ1v) is 6.19. The van der Waals surface area contributed by atoms with Gasteiger partial charge in [0.05, 0.1) is 6.10 Å². The molecule has 3 aliphatic rings. The minimum absolute atomic E-state index is 0.459. The molecule has 1 aliphatic heterocycles. The molecule has 2 fully saturated rings. The number of ether oxygens (including phenoxy) is 1. The number of benzene rings is 1. The predicted molar refractivity (Wildman–Crippen MR) is 58.8 cm³/mol. The van der Waals surface area contributed by atoms with Gasteiger partial charge in [-0.1, -0.05) is 37.1 Å². The van der Waals surface area contributed by atoms with Crippen molar-refractivity contribution in [2.45, 2.75) is 43.8 Å². The maximum atomic E-state index is 5.87. The molecule has 1 nitrogen and oxygen atoms in total. The first-order valence-electron chi connectivity index (χ1n) is 6.19. The largest absolute Gasteiger partial charge is 0.364 e. The minimum Gasteiger partial charge on any atom is -0.364 e. The Morgan fingerprint density at radius 1 is 1.00 bits per heavy atom. The van der Waals surface area contributed by atoms with Gasteiger partial charge >= 0.3 is 0 Å². The van der Waals surface area contributed by atoms with E-state index in [9.17, 15) is 0 Å². The first kappa shape index (κ1) is 8.35. The molecule has 2 unspecified atom stereocenters. The zero-order valence-electron chi connectivity index (χ0n) is 8.86. The van der Waals surface area contributed by atoms with E-state index < -0.39 is 0 Å². The van der Waals surface area contributed by atoms with Crippen LogP contribution >= 0.6 is 0 Å². The first-order chi connectivity index (χ1) is 7.45. The molecule has 15 heavy (non-hydrogen) atoms. The molecule has 4 rings (SSSR count). The van der Waals surface area contributed by atoms with Gasteiger partial charge in [-0.15, -0.1) is 0 Å². The fourth-order valence-electron chi connectivity index (χ4n) is 3.75. The summed E-state index contributed by atoms with van der Waals surface area (Å²) in [5, 5.41) is 0. The molecule has 0 spiro atoms. The van der Waals surface area contributed by atoms with Gasteiger partial charge in [-0.25, -0.2) is 0 Å². The van der Waals surface area contributed by atoms with Crippen molar-refractivity contribution in [2.24, 2.45) is 5.92 Å². The molecule has 1 aromatic carbocycles. The minimum atomic E-state index is 0.459. The van der Waals surface area contributed by atoms with Crippen LogP contribution < -0.4 is 0 Å². The quantitative estimate of drug-likeness (QED) is 0.585. The molecule has 2 aliphatic carbocycles. The molecule has 0 bridgehead atoms. The summed E-state index contributed by atoms with van der Waals surface area (Å²) < 4.78 is 5.87. The van der Waals surface area contributed by atoms with Crippen LogP contribution in [0.2, 0.25) is 0 Å². The normalized spacial score (nSPS) is 41.3. The highest BCUT2D eigenvalue weighted by Gasteiger charge is 2.53. The predicted octanol–water partition coefficient (Wildman–Crippen LogP) is 3.41. The van der Waals surface area contributed by atoms with Crippen LogP contribution in [0.5, 0.6) is 0 Å². The second-order valence-electron chi connectivity index (χ2n) is 5.21. The van der Waals surface area contributed by atoms with Gasteiger partial charge < -0.3 is 4.74 Å². The number of epoxide rings is 1. The van der Waals surface area contributed by atoms with Crippen LogP contribution in [0.1, 0.15) is 48.8 Å². The van der Waals surface area contributed by atoms with Crippen LogP contribution in [-0.4, -0.2) is 6.10 Å². The molecule has 1 saturated heterocycles. The van der Waals surface area contributed by atoms with Gasteiger partial charge in [0.25, 0.3) is 0 Å². The highest BCUT2D eigenvalue weighted by Crippen LogP contribution is 2.58. The summed E-state index contributed by atoms with van der Waals surface area (Å²) >= 11 is 0. The Balaban J connectivity index is 1.84. The highest BCUT2D eigenvalue weighted by atomic mass is 16.6. The van der Waals surface area contributed by atoms with Gasteiger partial charge in [0.1, 0.15) is 6.10 Å². The smallest absolute Gasteiger partial charge is 0.110 e. The second-order valence-corrected chi connectivity index (χ2v) is 5.21. The van der Waals surface area contributed by atoms with Crippen LogP contribution in [0.4, 0.5) is 0 Å². The van der Waals surface area contributed by atoms with Crippen molar-refractivity contribution in [2.75, 3.05) is 0 Å². The van der Waals surface area contributed by atoms with Crippen molar-refractivity contribution in [1.29, 1.82) is 0 Å². The van der Waals surface area contributed by atoms with Gasteiger partial charge in [0, 0.05) is 0 Å². The lowest BCUT2D eigenvalue weighted by Gasteiger charge is -2.34. The van der Waals surface area contributed by atoms with Crippen molar-refractivity contribution in [3.05, 3.63) is 35.4 Å². The third-order valence-electron chi connectivity index (χ3n) is 4.47. The van der Waals surface area contributed by atoms with Crippen LogP contribution in [0, 0.1) is 5.92 Å². The zero-order chi connectivity index (χ0) is 9.83. The Morgan fingerprint density at radius 3 is 2.73 bits per heavy atom. The fraction of sp³-hybridized carbons (Fsp3) is 0.571. The standard InChI is InChI=1S/C14H16O/c1-3-7-11-9(5-1)10-6-2-4-8-12(10)14-13(11)15-14/h1,3,5,7,10,12-14H,2,4,6,8H2/t10?,12?,13-,14-/m0/s1. The second kappa shape index (κ2) is 2.85. The Labute approximate surface area is 90.4 Å². The van der Waals surface area contributed by atoms with Crippen LogP contribution in [0.3, 0.4) is 0 Å². The third kappa shape index (κ3) is 1.07. The highest BCUT2D eigenvalue weighted by molar-refractivity contribution is 5.40. The number of fused-ring (bicyclic) bond motifs is 6. The molecular formula is C14H16O. The molecule has 0 aromatic heterocycles. The summed E-state index contributed by atoms with van der Waals surface area (Å²) in [6.07, 6.45) is 6.63. The lowest BCUT2D eigenvalue weighted by Crippen LogP contribution is -2.27. The van der Waals surface area contributed by atoms with Crippen molar-refractivity contribution in [1.82, 2.24) is 0 Å².